The van der Waals surface area contributed by atoms with E-state index >= 15 is 0 Å². The van der Waals surface area contributed by atoms with Crippen LogP contribution in [0, 0.1) is 5.82 Å². The average molecular weight is 429 g/mol. The topological polar surface area (TPSA) is 90.6 Å². The van der Waals surface area contributed by atoms with Crippen molar-refractivity contribution >= 4 is 32.6 Å². The summed E-state index contributed by atoms with van der Waals surface area (Å²) in [5, 5.41) is 0.605. The number of amides is 1. The lowest BCUT2D eigenvalue weighted by atomic mass is 10.2. The van der Waals surface area contributed by atoms with Gasteiger partial charge < -0.3 is 9.88 Å². The van der Waals surface area contributed by atoms with Crippen molar-refractivity contribution in [1.82, 2.24) is 14.2 Å². The van der Waals surface area contributed by atoms with Crippen LogP contribution >= 0.6 is 0 Å². The van der Waals surface area contributed by atoms with Crippen molar-refractivity contribution in [2.24, 2.45) is 0 Å². The molecule has 156 valence electrons. The van der Waals surface area contributed by atoms with Gasteiger partial charge in [-0.05, 0) is 43.3 Å². The Balaban J connectivity index is 1.45. The number of benzene rings is 2. The van der Waals surface area contributed by atoms with Gasteiger partial charge in [-0.1, -0.05) is 12.1 Å². The second-order valence-corrected chi connectivity index (χ2v) is 9.13. The fourth-order valence-corrected chi connectivity index (χ4v) is 4.95. The fraction of sp³-hybridized carbons (Fsp3) is 0.238. The summed E-state index contributed by atoms with van der Waals surface area (Å²) in [5.41, 5.74) is 1.45. The number of Topliss-reactive ketones (excluding diaryl/α,β-unsaturated/α-hetero) is 1. The van der Waals surface area contributed by atoms with Gasteiger partial charge in [-0.2, -0.15) is 4.31 Å². The van der Waals surface area contributed by atoms with Crippen LogP contribution in [0.3, 0.4) is 0 Å². The van der Waals surface area contributed by atoms with E-state index in [1.165, 1.54) is 47.6 Å². The van der Waals surface area contributed by atoms with Crippen LogP contribution in [0.2, 0.25) is 0 Å². The molecule has 1 aliphatic rings. The highest BCUT2D eigenvalue weighted by atomic mass is 32.2. The van der Waals surface area contributed by atoms with Gasteiger partial charge in [0.25, 0.3) is 5.91 Å². The first-order chi connectivity index (χ1) is 14.3. The Bertz CT molecular complexity index is 1230. The number of H-pyrrole nitrogens is 1. The molecule has 0 aliphatic carbocycles. The number of carbonyl (C=O) groups is 2. The van der Waals surface area contributed by atoms with Crippen molar-refractivity contribution in [3.63, 3.8) is 0 Å². The van der Waals surface area contributed by atoms with E-state index < -0.39 is 10.0 Å². The Morgan fingerprint density at radius 2 is 1.63 bits per heavy atom. The van der Waals surface area contributed by atoms with E-state index in [2.05, 4.69) is 4.98 Å². The molecule has 1 fully saturated rings. The number of ketones is 1. The Kier molecular flexibility index (Phi) is 5.17. The molecule has 0 saturated carbocycles. The summed E-state index contributed by atoms with van der Waals surface area (Å²) < 4.78 is 40.4. The average Bonchev–Trinajstić information content (AvgIpc) is 3.16. The summed E-state index contributed by atoms with van der Waals surface area (Å²) in [5.74, 6) is -0.768. The first-order valence-corrected chi connectivity index (χ1v) is 10.9. The number of piperazine rings is 1. The van der Waals surface area contributed by atoms with Crippen molar-refractivity contribution in [3.8, 4) is 0 Å². The van der Waals surface area contributed by atoms with Gasteiger partial charge in [0.2, 0.25) is 10.0 Å². The summed E-state index contributed by atoms with van der Waals surface area (Å²) in [7, 11) is -3.71. The predicted octanol–water partition coefficient (Wildman–Crippen LogP) is 2.66. The van der Waals surface area contributed by atoms with E-state index in [-0.39, 0.29) is 48.6 Å². The molecule has 1 amide bonds. The second kappa shape index (κ2) is 7.66. The van der Waals surface area contributed by atoms with Crippen LogP contribution in [-0.2, 0) is 10.0 Å². The molecule has 0 radical (unpaired) electrons. The zero-order chi connectivity index (χ0) is 21.5. The molecule has 1 saturated heterocycles. The Morgan fingerprint density at radius 1 is 0.967 bits per heavy atom. The molecule has 2 aromatic carbocycles. The van der Waals surface area contributed by atoms with Gasteiger partial charge in [0, 0.05) is 42.6 Å². The molecule has 1 aliphatic heterocycles. The van der Waals surface area contributed by atoms with E-state index in [9.17, 15) is 22.4 Å². The van der Waals surface area contributed by atoms with Gasteiger partial charge in [0.05, 0.1) is 4.90 Å². The van der Waals surface area contributed by atoms with Crippen LogP contribution < -0.4 is 0 Å². The van der Waals surface area contributed by atoms with Crippen molar-refractivity contribution in [1.29, 1.82) is 0 Å². The van der Waals surface area contributed by atoms with Crippen molar-refractivity contribution < 1.29 is 22.4 Å². The quantitative estimate of drug-likeness (QED) is 0.646. The monoisotopic (exact) mass is 429 g/mol. The van der Waals surface area contributed by atoms with Gasteiger partial charge in [0.15, 0.2) is 5.78 Å². The smallest absolute Gasteiger partial charge is 0.270 e. The lowest BCUT2D eigenvalue weighted by Gasteiger charge is -2.33. The number of hydrogen-bond acceptors (Lipinski definition) is 4. The molecule has 0 atom stereocenters. The number of rotatable bonds is 4. The third-order valence-corrected chi connectivity index (χ3v) is 7.15. The van der Waals surface area contributed by atoms with Gasteiger partial charge in [0.1, 0.15) is 11.5 Å². The molecule has 1 aromatic heterocycles. The Hall–Kier alpha value is -3.04. The summed E-state index contributed by atoms with van der Waals surface area (Å²) in [4.78, 5) is 28.8. The number of nitrogens with one attached hydrogen (secondary N) is 1. The van der Waals surface area contributed by atoms with Gasteiger partial charge >= 0.3 is 0 Å². The maximum atomic E-state index is 13.4. The standard InChI is InChI=1S/C21H20FN3O4S/c1-14(26)15-2-5-18(6-3-15)30(28,29)25-10-8-24(9-11-25)21(27)20-13-16-12-17(22)4-7-19(16)23-20/h2-7,12-13,23H,8-11H2,1H3. The first-order valence-electron chi connectivity index (χ1n) is 9.44. The number of aromatic nitrogens is 1. The summed E-state index contributed by atoms with van der Waals surface area (Å²) in [6.07, 6.45) is 0. The lowest BCUT2D eigenvalue weighted by molar-refractivity contribution is 0.0693. The highest BCUT2D eigenvalue weighted by molar-refractivity contribution is 7.89. The van der Waals surface area contributed by atoms with Crippen LogP contribution in [0.15, 0.2) is 53.4 Å². The van der Waals surface area contributed by atoms with Crippen LogP contribution in [0.1, 0.15) is 27.8 Å². The number of halogens is 1. The molecule has 0 unspecified atom stereocenters. The van der Waals surface area contributed by atoms with E-state index in [1.807, 2.05) is 0 Å². The van der Waals surface area contributed by atoms with Crippen molar-refractivity contribution in [3.05, 3.63) is 65.6 Å². The molecule has 0 bridgehead atoms. The lowest BCUT2D eigenvalue weighted by Crippen LogP contribution is -2.50. The number of carbonyl (C=O) groups excluding carboxylic acids is 2. The normalized spacial score (nSPS) is 15.5. The number of aromatic amines is 1. The summed E-state index contributed by atoms with van der Waals surface area (Å²) >= 11 is 0. The highest BCUT2D eigenvalue weighted by Crippen LogP contribution is 2.21. The molecular weight excluding hydrogens is 409 g/mol. The number of hydrogen-bond donors (Lipinski definition) is 1. The van der Waals surface area contributed by atoms with Crippen molar-refractivity contribution in [2.75, 3.05) is 26.2 Å². The van der Waals surface area contributed by atoms with E-state index in [0.717, 1.165) is 0 Å². The maximum Gasteiger partial charge on any atom is 0.270 e. The van der Waals surface area contributed by atoms with Crippen LogP contribution in [0.4, 0.5) is 4.39 Å². The predicted molar refractivity (Wildman–Crippen MR) is 109 cm³/mol. The summed E-state index contributed by atoms with van der Waals surface area (Å²) in [6, 6.07) is 11.7. The van der Waals surface area contributed by atoms with Crippen LogP contribution in [-0.4, -0.2) is 60.5 Å². The largest absolute Gasteiger partial charge is 0.351 e. The molecule has 2 heterocycles. The van der Waals surface area contributed by atoms with E-state index in [4.69, 9.17) is 0 Å². The minimum absolute atomic E-state index is 0.116. The number of sulfonamides is 1. The second-order valence-electron chi connectivity index (χ2n) is 7.19. The number of fused-ring (bicyclic) bond motifs is 1. The van der Waals surface area contributed by atoms with E-state index in [1.54, 1.807) is 17.0 Å². The molecule has 9 heteroatoms. The molecule has 3 aromatic rings. The van der Waals surface area contributed by atoms with Crippen LogP contribution in [0.5, 0.6) is 0 Å². The van der Waals surface area contributed by atoms with Crippen LogP contribution in [0.25, 0.3) is 10.9 Å². The van der Waals surface area contributed by atoms with E-state index in [0.29, 0.717) is 22.2 Å². The minimum atomic E-state index is -3.71. The molecule has 1 N–H and O–H groups in total. The highest BCUT2D eigenvalue weighted by Gasteiger charge is 2.31. The molecule has 30 heavy (non-hydrogen) atoms. The zero-order valence-corrected chi connectivity index (χ0v) is 17.1. The molecule has 4 rings (SSSR count). The first kappa shape index (κ1) is 20.2. The molecular formula is C21H20FN3O4S. The zero-order valence-electron chi connectivity index (χ0n) is 16.3. The third kappa shape index (κ3) is 3.73. The SMILES string of the molecule is CC(=O)c1ccc(S(=O)(=O)N2CCN(C(=O)c3cc4cc(F)ccc4[nH]3)CC2)cc1. The maximum absolute atomic E-state index is 13.4. The Labute approximate surface area is 173 Å². The van der Waals surface area contributed by atoms with Gasteiger partial charge in [-0.25, -0.2) is 12.8 Å². The molecule has 7 nitrogen and oxygen atoms in total. The minimum Gasteiger partial charge on any atom is -0.351 e. The third-order valence-electron chi connectivity index (χ3n) is 5.24. The summed E-state index contributed by atoms with van der Waals surface area (Å²) in [6.45, 7) is 2.23. The van der Waals surface area contributed by atoms with Crippen molar-refractivity contribution in [2.45, 2.75) is 11.8 Å². The van der Waals surface area contributed by atoms with Gasteiger partial charge in [-0.15, -0.1) is 0 Å². The van der Waals surface area contributed by atoms with Gasteiger partial charge in [-0.3, -0.25) is 9.59 Å². The Morgan fingerprint density at radius 3 is 2.27 bits per heavy atom. The number of nitrogens with zero attached hydrogens (tertiary/aromatic N) is 2. The molecule has 0 spiro atoms. The fourth-order valence-electron chi connectivity index (χ4n) is 3.53.